The Balaban J connectivity index is 0.00000450. The van der Waals surface area contributed by atoms with Crippen LogP contribution in [0.25, 0.3) is 0 Å². The van der Waals surface area contributed by atoms with Crippen LogP contribution < -0.4 is 10.1 Å². The number of benzene rings is 1. The van der Waals surface area contributed by atoms with Crippen LogP contribution in [0.3, 0.4) is 0 Å². The molecule has 2 unspecified atom stereocenters. The number of ether oxygens (including phenoxy) is 2. The van der Waals surface area contributed by atoms with E-state index in [9.17, 15) is 18.3 Å². The lowest BCUT2D eigenvalue weighted by Crippen LogP contribution is -2.41. The highest BCUT2D eigenvalue weighted by atomic mass is 127. The zero-order valence-corrected chi connectivity index (χ0v) is 19.7. The van der Waals surface area contributed by atoms with E-state index in [0.717, 1.165) is 38.2 Å². The summed E-state index contributed by atoms with van der Waals surface area (Å²) in [5.74, 6) is 1.23. The number of alkyl halides is 3. The summed E-state index contributed by atoms with van der Waals surface area (Å²) in [7, 11) is 0. The lowest BCUT2D eigenvalue weighted by molar-refractivity contribution is -0.137. The Kier molecular flexibility index (Phi) is 11.8. The first kappa shape index (κ1) is 26.8. The van der Waals surface area contributed by atoms with Crippen molar-refractivity contribution in [2.24, 2.45) is 10.9 Å². The second-order valence-electron chi connectivity index (χ2n) is 6.95. The fourth-order valence-electron chi connectivity index (χ4n) is 3.07. The third kappa shape index (κ3) is 8.84. The molecule has 1 aromatic rings. The van der Waals surface area contributed by atoms with Crippen molar-refractivity contribution >= 4 is 29.9 Å². The molecule has 2 atom stereocenters. The first-order chi connectivity index (χ1) is 13.8. The molecule has 0 spiro atoms. The molecular weight excluding hydrogens is 514 g/mol. The van der Waals surface area contributed by atoms with Crippen LogP contribution in [-0.4, -0.2) is 68.1 Å². The summed E-state index contributed by atoms with van der Waals surface area (Å²) in [6, 6.07) is 4.60. The smallest absolute Gasteiger partial charge is 0.416 e. The Morgan fingerprint density at radius 1 is 1.37 bits per heavy atom. The lowest BCUT2D eigenvalue weighted by Gasteiger charge is -2.22. The molecule has 6 nitrogen and oxygen atoms in total. The standard InChI is InChI=1S/C20H30F3N3O3.HI/c1-3-24-19(26-9-8-15(12-26)13-28-4-2)25-11-17(27)14-29-18-7-5-6-16(10-18)20(21,22)23;/h5-7,10,15,17,27H,3-4,8-9,11-14H2,1-2H3,(H,24,25);1H. The first-order valence-electron chi connectivity index (χ1n) is 9.92. The minimum atomic E-state index is -4.43. The minimum Gasteiger partial charge on any atom is -0.491 e. The summed E-state index contributed by atoms with van der Waals surface area (Å²) in [5, 5.41) is 13.4. The molecule has 1 aliphatic heterocycles. The van der Waals surface area contributed by atoms with Gasteiger partial charge >= 0.3 is 6.18 Å². The van der Waals surface area contributed by atoms with Gasteiger partial charge in [0.25, 0.3) is 0 Å². The highest BCUT2D eigenvalue weighted by Crippen LogP contribution is 2.31. The van der Waals surface area contributed by atoms with Crippen LogP contribution in [0.2, 0.25) is 0 Å². The molecule has 0 radical (unpaired) electrons. The number of hydrogen-bond acceptors (Lipinski definition) is 4. The van der Waals surface area contributed by atoms with E-state index in [1.165, 1.54) is 12.1 Å². The Labute approximate surface area is 192 Å². The van der Waals surface area contributed by atoms with Crippen LogP contribution in [0, 0.1) is 5.92 Å². The van der Waals surface area contributed by atoms with E-state index in [4.69, 9.17) is 9.47 Å². The Bertz CT molecular complexity index is 662. The van der Waals surface area contributed by atoms with Crippen LogP contribution in [0.15, 0.2) is 29.3 Å². The highest BCUT2D eigenvalue weighted by Gasteiger charge is 2.30. The van der Waals surface area contributed by atoms with Crippen LogP contribution in [0.4, 0.5) is 13.2 Å². The number of aliphatic imine (C=N–C) groups is 1. The Morgan fingerprint density at radius 2 is 2.13 bits per heavy atom. The molecule has 1 aromatic carbocycles. The number of rotatable bonds is 9. The number of aliphatic hydroxyl groups excluding tert-OH is 1. The third-order valence-electron chi connectivity index (χ3n) is 4.53. The predicted octanol–water partition coefficient (Wildman–Crippen LogP) is 3.39. The molecule has 0 amide bonds. The molecule has 30 heavy (non-hydrogen) atoms. The normalized spacial score (nSPS) is 18.1. The fourth-order valence-corrected chi connectivity index (χ4v) is 3.07. The topological polar surface area (TPSA) is 66.3 Å². The average Bonchev–Trinajstić information content (AvgIpc) is 3.16. The van der Waals surface area contributed by atoms with Gasteiger partial charge in [0, 0.05) is 32.2 Å². The van der Waals surface area contributed by atoms with Gasteiger partial charge < -0.3 is 24.8 Å². The molecule has 2 rings (SSSR count). The van der Waals surface area contributed by atoms with E-state index >= 15 is 0 Å². The summed E-state index contributed by atoms with van der Waals surface area (Å²) < 4.78 is 49.1. The third-order valence-corrected chi connectivity index (χ3v) is 4.53. The fraction of sp³-hybridized carbons (Fsp3) is 0.650. The van der Waals surface area contributed by atoms with Crippen molar-refractivity contribution in [3.63, 3.8) is 0 Å². The van der Waals surface area contributed by atoms with Crippen molar-refractivity contribution in [3.8, 4) is 5.75 Å². The van der Waals surface area contributed by atoms with Crippen molar-refractivity contribution in [3.05, 3.63) is 29.8 Å². The molecule has 10 heteroatoms. The van der Waals surface area contributed by atoms with Crippen LogP contribution in [-0.2, 0) is 10.9 Å². The van der Waals surface area contributed by atoms with E-state index in [2.05, 4.69) is 15.2 Å². The predicted molar refractivity (Wildman–Crippen MR) is 121 cm³/mol. The van der Waals surface area contributed by atoms with Crippen molar-refractivity contribution in [2.75, 3.05) is 46.0 Å². The quantitative estimate of drug-likeness (QED) is 0.283. The summed E-state index contributed by atoms with van der Waals surface area (Å²) in [6.07, 6.45) is -4.34. The number of halogens is 4. The van der Waals surface area contributed by atoms with Gasteiger partial charge in [0.1, 0.15) is 18.5 Å². The monoisotopic (exact) mass is 545 g/mol. The van der Waals surface area contributed by atoms with Crippen LogP contribution >= 0.6 is 24.0 Å². The SMILES string of the molecule is CCNC(=NCC(O)COc1cccc(C(F)(F)F)c1)N1CCC(COCC)C1.I. The summed E-state index contributed by atoms with van der Waals surface area (Å²) in [6.45, 7) is 7.70. The van der Waals surface area contributed by atoms with E-state index in [-0.39, 0.29) is 42.9 Å². The zero-order chi connectivity index (χ0) is 21.3. The Morgan fingerprint density at radius 3 is 2.80 bits per heavy atom. The average molecular weight is 545 g/mol. The summed E-state index contributed by atoms with van der Waals surface area (Å²) in [5.41, 5.74) is -0.785. The van der Waals surface area contributed by atoms with Crippen molar-refractivity contribution in [2.45, 2.75) is 32.5 Å². The van der Waals surface area contributed by atoms with Crippen molar-refractivity contribution in [1.29, 1.82) is 0 Å². The zero-order valence-electron chi connectivity index (χ0n) is 17.3. The highest BCUT2D eigenvalue weighted by molar-refractivity contribution is 14.0. The molecule has 2 N–H and O–H groups in total. The molecule has 0 saturated carbocycles. The van der Waals surface area contributed by atoms with Gasteiger partial charge in [0.15, 0.2) is 5.96 Å². The largest absolute Gasteiger partial charge is 0.491 e. The van der Waals surface area contributed by atoms with Gasteiger partial charge in [-0.05, 0) is 38.5 Å². The number of guanidine groups is 1. The van der Waals surface area contributed by atoms with Gasteiger partial charge in [0.2, 0.25) is 0 Å². The van der Waals surface area contributed by atoms with Crippen molar-refractivity contribution < 1.29 is 27.8 Å². The van der Waals surface area contributed by atoms with Crippen molar-refractivity contribution in [1.82, 2.24) is 10.2 Å². The number of nitrogens with one attached hydrogen (secondary N) is 1. The van der Waals surface area contributed by atoms with Gasteiger partial charge in [-0.3, -0.25) is 4.99 Å². The molecule has 172 valence electrons. The second-order valence-corrected chi connectivity index (χ2v) is 6.95. The molecule has 0 bridgehead atoms. The van der Waals surface area contributed by atoms with Gasteiger partial charge in [-0.15, -0.1) is 24.0 Å². The second kappa shape index (κ2) is 13.2. The molecule has 0 aromatic heterocycles. The first-order valence-corrected chi connectivity index (χ1v) is 9.92. The Hall–Kier alpha value is -1.27. The maximum atomic E-state index is 12.8. The molecule has 1 fully saturated rings. The van der Waals surface area contributed by atoms with E-state index < -0.39 is 17.8 Å². The minimum absolute atomic E-state index is 0. The molecular formula is C20H31F3IN3O3. The van der Waals surface area contributed by atoms with E-state index in [1.807, 2.05) is 13.8 Å². The molecule has 0 aliphatic carbocycles. The van der Waals surface area contributed by atoms with Gasteiger partial charge in [-0.25, -0.2) is 0 Å². The number of likely N-dealkylation sites (tertiary alicyclic amines) is 1. The lowest BCUT2D eigenvalue weighted by atomic mass is 10.1. The van der Waals surface area contributed by atoms with E-state index in [1.54, 1.807) is 0 Å². The molecule has 1 heterocycles. The maximum Gasteiger partial charge on any atom is 0.416 e. The van der Waals surface area contributed by atoms with Gasteiger partial charge in [-0.2, -0.15) is 13.2 Å². The number of hydrogen-bond donors (Lipinski definition) is 2. The molecule has 1 aliphatic rings. The van der Waals surface area contributed by atoms with Gasteiger partial charge in [0.05, 0.1) is 18.7 Å². The number of aliphatic hydroxyl groups is 1. The summed E-state index contributed by atoms with van der Waals surface area (Å²) >= 11 is 0. The van der Waals surface area contributed by atoms with Crippen LogP contribution in [0.1, 0.15) is 25.8 Å². The van der Waals surface area contributed by atoms with Crippen LogP contribution in [0.5, 0.6) is 5.75 Å². The number of nitrogens with zero attached hydrogens (tertiary/aromatic N) is 2. The molecule has 1 saturated heterocycles. The van der Waals surface area contributed by atoms with Gasteiger partial charge in [-0.1, -0.05) is 6.07 Å². The van der Waals surface area contributed by atoms with E-state index in [0.29, 0.717) is 25.0 Å². The maximum absolute atomic E-state index is 12.8. The summed E-state index contributed by atoms with van der Waals surface area (Å²) in [4.78, 5) is 6.59.